The molecule has 8 heteroatoms. The molecule has 0 amide bonds. The summed E-state index contributed by atoms with van der Waals surface area (Å²) in [7, 11) is 1.45. The molecule has 2 aromatic rings. The molecule has 0 heterocycles. The van der Waals surface area contributed by atoms with E-state index in [1.807, 2.05) is 0 Å². The van der Waals surface area contributed by atoms with Crippen LogP contribution in [0.15, 0.2) is 36.4 Å². The van der Waals surface area contributed by atoms with Crippen molar-refractivity contribution in [3.8, 4) is 5.75 Å². The number of rotatable bonds is 8. The van der Waals surface area contributed by atoms with E-state index in [-0.39, 0.29) is 17.4 Å². The maximum atomic E-state index is 12.5. The molecule has 1 N–H and O–H groups in total. The number of ether oxygens (including phenoxy) is 3. The summed E-state index contributed by atoms with van der Waals surface area (Å²) in [6.07, 6.45) is -1.10. The lowest BCUT2D eigenvalue weighted by Crippen LogP contribution is -2.17. The lowest BCUT2D eigenvalue weighted by Gasteiger charge is -2.22. The van der Waals surface area contributed by atoms with Gasteiger partial charge >= 0.3 is 11.9 Å². The number of esters is 1. The number of carboxylic acids is 1. The minimum absolute atomic E-state index is 0.266. The van der Waals surface area contributed by atoms with E-state index in [9.17, 15) is 9.59 Å². The van der Waals surface area contributed by atoms with Gasteiger partial charge in [-0.3, -0.25) is 0 Å². The number of hydrogen-bond acceptors (Lipinski definition) is 5. The van der Waals surface area contributed by atoms with Crippen molar-refractivity contribution in [2.75, 3.05) is 13.7 Å². The van der Waals surface area contributed by atoms with Crippen LogP contribution in [0.25, 0.3) is 0 Å². The number of benzene rings is 2. The van der Waals surface area contributed by atoms with Crippen LogP contribution in [0.1, 0.15) is 41.4 Å². The summed E-state index contributed by atoms with van der Waals surface area (Å²) in [5, 5.41) is 9.70. The normalized spacial score (nSPS) is 11.9. The first kappa shape index (κ1) is 22.0. The van der Waals surface area contributed by atoms with E-state index in [1.54, 1.807) is 50.2 Å². The summed E-state index contributed by atoms with van der Waals surface area (Å²) in [6, 6.07) is 9.43. The molecule has 0 spiro atoms. The van der Waals surface area contributed by atoms with Gasteiger partial charge < -0.3 is 19.3 Å². The van der Waals surface area contributed by atoms with Gasteiger partial charge in [0, 0.05) is 28.3 Å². The van der Waals surface area contributed by atoms with Crippen molar-refractivity contribution in [2.45, 2.75) is 26.1 Å². The van der Waals surface area contributed by atoms with Crippen LogP contribution in [0.3, 0.4) is 0 Å². The van der Waals surface area contributed by atoms with Gasteiger partial charge in [0.2, 0.25) is 0 Å². The highest BCUT2D eigenvalue weighted by molar-refractivity contribution is 6.31. The van der Waals surface area contributed by atoms with Crippen LogP contribution >= 0.6 is 23.2 Å². The fourth-order valence-corrected chi connectivity index (χ4v) is 2.99. The summed E-state index contributed by atoms with van der Waals surface area (Å²) >= 11 is 12.3. The van der Waals surface area contributed by atoms with Crippen LogP contribution in [0.2, 0.25) is 10.0 Å². The zero-order valence-electron chi connectivity index (χ0n) is 15.6. The molecule has 1 unspecified atom stereocenters. The van der Waals surface area contributed by atoms with E-state index in [0.717, 1.165) is 0 Å². The quantitative estimate of drug-likeness (QED) is 0.612. The van der Waals surface area contributed by atoms with Gasteiger partial charge in [0.25, 0.3) is 0 Å². The fraction of sp³-hybridized carbons (Fsp3) is 0.300. The summed E-state index contributed by atoms with van der Waals surface area (Å²) < 4.78 is 16.3. The van der Waals surface area contributed by atoms with Gasteiger partial charge in [-0.1, -0.05) is 23.2 Å². The SMILES string of the molecule is COC(c1cc(Cl)ccc1OCC(=O)O)c1cc(Cl)ccc1C(=O)OC(C)C. The number of carboxylic acid groups (broad SMARTS) is 1. The maximum Gasteiger partial charge on any atom is 0.341 e. The lowest BCUT2D eigenvalue weighted by atomic mass is 9.95. The second-order valence-corrected chi connectivity index (χ2v) is 7.04. The molecule has 28 heavy (non-hydrogen) atoms. The maximum absolute atomic E-state index is 12.5. The van der Waals surface area contributed by atoms with Crippen molar-refractivity contribution in [3.05, 3.63) is 63.1 Å². The second-order valence-electron chi connectivity index (χ2n) is 6.17. The molecule has 0 aliphatic heterocycles. The Morgan fingerprint density at radius 2 is 1.64 bits per heavy atom. The molecule has 2 aromatic carbocycles. The van der Waals surface area contributed by atoms with E-state index < -0.39 is 24.6 Å². The van der Waals surface area contributed by atoms with Crippen LogP contribution in [0.5, 0.6) is 5.75 Å². The molecule has 0 fully saturated rings. The Morgan fingerprint density at radius 1 is 1.04 bits per heavy atom. The highest BCUT2D eigenvalue weighted by Crippen LogP contribution is 2.37. The smallest absolute Gasteiger partial charge is 0.341 e. The predicted octanol–water partition coefficient (Wildman–Crippen LogP) is 4.76. The molecule has 0 aliphatic rings. The third-order valence-electron chi connectivity index (χ3n) is 3.70. The minimum atomic E-state index is -1.13. The topological polar surface area (TPSA) is 82.1 Å². The van der Waals surface area contributed by atoms with Crippen molar-refractivity contribution >= 4 is 35.1 Å². The van der Waals surface area contributed by atoms with Gasteiger partial charge in [-0.2, -0.15) is 0 Å². The highest BCUT2D eigenvalue weighted by atomic mass is 35.5. The van der Waals surface area contributed by atoms with Crippen LogP contribution < -0.4 is 4.74 Å². The van der Waals surface area contributed by atoms with Crippen LogP contribution in [0, 0.1) is 0 Å². The zero-order chi connectivity index (χ0) is 20.8. The molecule has 0 bridgehead atoms. The van der Waals surface area contributed by atoms with E-state index in [4.69, 9.17) is 42.5 Å². The molecule has 6 nitrogen and oxygen atoms in total. The number of carbonyl (C=O) groups is 2. The summed E-state index contributed by atoms with van der Waals surface area (Å²) in [5.41, 5.74) is 1.18. The van der Waals surface area contributed by atoms with Crippen molar-refractivity contribution in [1.82, 2.24) is 0 Å². The van der Waals surface area contributed by atoms with Crippen molar-refractivity contribution in [1.29, 1.82) is 0 Å². The molecular weight excluding hydrogens is 407 g/mol. The summed E-state index contributed by atoms with van der Waals surface area (Å²) in [4.78, 5) is 23.4. The number of methoxy groups -OCH3 is 1. The fourth-order valence-electron chi connectivity index (χ4n) is 2.63. The van der Waals surface area contributed by atoms with Crippen LogP contribution in [-0.2, 0) is 14.3 Å². The molecule has 1 atom stereocenters. The molecule has 2 rings (SSSR count). The Balaban J connectivity index is 2.56. The Kier molecular flexibility index (Phi) is 7.69. The second kappa shape index (κ2) is 9.78. The standard InChI is InChI=1S/C20H20Cl2O6/c1-11(2)28-20(25)14-6-4-12(21)8-15(14)19(26-3)16-9-13(22)5-7-17(16)27-10-18(23)24/h4-9,11,19H,10H2,1-3H3,(H,23,24). The first-order valence-corrected chi connectivity index (χ1v) is 9.15. The Morgan fingerprint density at radius 3 is 2.21 bits per heavy atom. The predicted molar refractivity (Wildman–Crippen MR) is 105 cm³/mol. The zero-order valence-corrected chi connectivity index (χ0v) is 17.1. The van der Waals surface area contributed by atoms with Crippen molar-refractivity contribution in [2.24, 2.45) is 0 Å². The molecule has 0 radical (unpaired) electrons. The molecule has 0 aliphatic carbocycles. The van der Waals surface area contributed by atoms with Gasteiger partial charge in [0.15, 0.2) is 6.61 Å². The largest absolute Gasteiger partial charge is 0.482 e. The lowest BCUT2D eigenvalue weighted by molar-refractivity contribution is -0.139. The van der Waals surface area contributed by atoms with Gasteiger partial charge in [-0.05, 0) is 50.2 Å². The Bertz CT molecular complexity index is 866. The van der Waals surface area contributed by atoms with Gasteiger partial charge in [-0.25, -0.2) is 9.59 Å². The number of halogens is 2. The number of carbonyl (C=O) groups excluding carboxylic acids is 1. The molecule has 150 valence electrons. The summed E-state index contributed by atoms with van der Waals surface area (Å²) in [5.74, 6) is -1.39. The highest BCUT2D eigenvalue weighted by Gasteiger charge is 2.26. The minimum Gasteiger partial charge on any atom is -0.482 e. The van der Waals surface area contributed by atoms with Gasteiger partial charge in [0.1, 0.15) is 11.9 Å². The Hall–Kier alpha value is -2.28. The van der Waals surface area contributed by atoms with E-state index in [0.29, 0.717) is 21.2 Å². The van der Waals surface area contributed by atoms with E-state index in [2.05, 4.69) is 0 Å². The third kappa shape index (κ3) is 5.61. The van der Waals surface area contributed by atoms with Crippen molar-refractivity contribution in [3.63, 3.8) is 0 Å². The molecule has 0 saturated carbocycles. The van der Waals surface area contributed by atoms with Crippen LogP contribution in [0.4, 0.5) is 0 Å². The molecule has 0 saturated heterocycles. The first-order chi connectivity index (χ1) is 13.2. The Labute approximate surface area is 172 Å². The first-order valence-electron chi connectivity index (χ1n) is 8.40. The number of hydrogen-bond donors (Lipinski definition) is 1. The summed E-state index contributed by atoms with van der Waals surface area (Å²) in [6.45, 7) is 2.95. The van der Waals surface area contributed by atoms with Crippen LogP contribution in [-0.4, -0.2) is 36.9 Å². The van der Waals surface area contributed by atoms with E-state index in [1.165, 1.54) is 7.11 Å². The van der Waals surface area contributed by atoms with Gasteiger partial charge in [-0.15, -0.1) is 0 Å². The van der Waals surface area contributed by atoms with E-state index >= 15 is 0 Å². The average molecular weight is 427 g/mol. The monoisotopic (exact) mass is 426 g/mol. The van der Waals surface area contributed by atoms with Crippen molar-refractivity contribution < 1.29 is 28.9 Å². The average Bonchev–Trinajstić information content (AvgIpc) is 2.61. The van der Waals surface area contributed by atoms with Gasteiger partial charge in [0.05, 0.1) is 11.7 Å². The molecular formula is C20H20Cl2O6. The third-order valence-corrected chi connectivity index (χ3v) is 4.17. The molecule has 0 aromatic heterocycles. The number of aliphatic carboxylic acids is 1.